The van der Waals surface area contributed by atoms with Crippen molar-refractivity contribution in [2.45, 2.75) is 83.0 Å². The summed E-state index contributed by atoms with van der Waals surface area (Å²) < 4.78 is 39.6. The minimum absolute atomic E-state index is 0.216. The first-order chi connectivity index (χ1) is 14.1. The Kier molecular flexibility index (Phi) is 8.96. The van der Waals surface area contributed by atoms with Crippen LogP contribution in [0.5, 0.6) is 0 Å². The van der Waals surface area contributed by atoms with Crippen LogP contribution in [0.1, 0.15) is 88.5 Å². The predicted molar refractivity (Wildman–Crippen MR) is 115 cm³/mol. The molecule has 1 aromatic rings. The van der Waals surface area contributed by atoms with Gasteiger partial charge in [0.15, 0.2) is 0 Å². The Morgan fingerprint density at radius 2 is 1.41 bits per heavy atom. The van der Waals surface area contributed by atoms with E-state index in [0.29, 0.717) is 12.3 Å². The molecule has 0 radical (unpaired) electrons. The number of halogens is 4. The third kappa shape index (κ3) is 6.77. The lowest BCUT2D eigenvalue weighted by Crippen LogP contribution is -2.17. The largest absolute Gasteiger partial charge is 0.251 e. The van der Waals surface area contributed by atoms with Gasteiger partial charge in [0.25, 0.3) is 0 Å². The molecule has 0 amide bonds. The maximum Gasteiger partial charge on any atom is 0.145 e. The van der Waals surface area contributed by atoms with Crippen LogP contribution in [0.3, 0.4) is 0 Å². The summed E-state index contributed by atoms with van der Waals surface area (Å²) in [4.78, 5) is 0. The quantitative estimate of drug-likeness (QED) is 0.221. The highest BCUT2D eigenvalue weighted by atomic mass is 35.5. The maximum absolute atomic E-state index is 13.7. The van der Waals surface area contributed by atoms with Crippen LogP contribution in [0, 0.1) is 29.4 Å². The average Bonchev–Trinajstić information content (AvgIpc) is 2.74. The molecule has 2 aliphatic carbocycles. The molecular formula is C25H34ClF3. The Morgan fingerprint density at radius 1 is 0.862 bits per heavy atom. The molecule has 0 unspecified atom stereocenters. The standard InChI is InChI=1S/C25H34ClF3/c26-25-23(28)16-22(17-24(25)29)21-13-11-20(12-14-21)10-9-19-7-5-18(6-8-19)4-2-1-3-15-27/h2,4,16-21H,1,3,5-15H2/b4-2+. The van der Waals surface area contributed by atoms with Crippen LogP contribution in [-0.4, -0.2) is 6.67 Å². The number of benzene rings is 1. The zero-order chi connectivity index (χ0) is 20.6. The molecule has 2 aliphatic rings. The summed E-state index contributed by atoms with van der Waals surface area (Å²) in [5.41, 5.74) is 0.765. The van der Waals surface area contributed by atoms with E-state index in [-0.39, 0.29) is 12.6 Å². The van der Waals surface area contributed by atoms with Gasteiger partial charge in [-0.1, -0.05) is 36.6 Å². The molecule has 3 rings (SSSR count). The van der Waals surface area contributed by atoms with E-state index in [2.05, 4.69) is 12.2 Å². The fourth-order valence-corrected chi connectivity index (χ4v) is 5.33. The minimum Gasteiger partial charge on any atom is -0.251 e. The first kappa shape index (κ1) is 22.7. The van der Waals surface area contributed by atoms with E-state index < -0.39 is 16.7 Å². The van der Waals surface area contributed by atoms with Gasteiger partial charge in [0.05, 0.1) is 6.67 Å². The molecule has 0 aromatic heterocycles. The molecule has 2 saturated carbocycles. The number of unbranched alkanes of at least 4 members (excludes halogenated alkanes) is 1. The summed E-state index contributed by atoms with van der Waals surface area (Å²) in [5, 5.41) is -0.396. The SMILES string of the molecule is FCCC/C=C/C1CCC(CCC2CCC(c3cc(F)c(Cl)c(F)c3)CC2)CC1. The summed E-state index contributed by atoms with van der Waals surface area (Å²) >= 11 is 5.61. The van der Waals surface area contributed by atoms with Crippen LogP contribution >= 0.6 is 11.6 Å². The molecule has 0 spiro atoms. The predicted octanol–water partition coefficient (Wildman–Crippen LogP) is 8.78. The van der Waals surface area contributed by atoms with Crippen LogP contribution in [0.25, 0.3) is 0 Å². The van der Waals surface area contributed by atoms with Crippen LogP contribution in [0.15, 0.2) is 24.3 Å². The fraction of sp³-hybridized carbons (Fsp3) is 0.680. The van der Waals surface area contributed by atoms with Crippen LogP contribution < -0.4 is 0 Å². The van der Waals surface area contributed by atoms with Gasteiger partial charge in [-0.15, -0.1) is 0 Å². The smallest absolute Gasteiger partial charge is 0.145 e. The Hall–Kier alpha value is -0.960. The average molecular weight is 427 g/mol. The highest BCUT2D eigenvalue weighted by molar-refractivity contribution is 6.30. The van der Waals surface area contributed by atoms with Gasteiger partial charge in [-0.25, -0.2) is 8.78 Å². The number of hydrogen-bond acceptors (Lipinski definition) is 0. The van der Waals surface area contributed by atoms with Crippen molar-refractivity contribution in [1.82, 2.24) is 0 Å². The second-order valence-corrected chi connectivity index (χ2v) is 9.51. The van der Waals surface area contributed by atoms with Crippen molar-refractivity contribution in [2.75, 3.05) is 6.67 Å². The minimum atomic E-state index is -0.642. The summed E-state index contributed by atoms with van der Waals surface area (Å²) in [6.45, 7) is -0.216. The molecule has 0 bridgehead atoms. The topological polar surface area (TPSA) is 0 Å². The van der Waals surface area contributed by atoms with E-state index in [9.17, 15) is 13.2 Å². The molecule has 0 nitrogen and oxygen atoms in total. The Balaban J connectivity index is 1.35. The second-order valence-electron chi connectivity index (χ2n) is 9.13. The molecule has 0 atom stereocenters. The van der Waals surface area contributed by atoms with Gasteiger partial charge in [0, 0.05) is 0 Å². The van der Waals surface area contributed by atoms with Gasteiger partial charge in [0.1, 0.15) is 16.7 Å². The maximum atomic E-state index is 13.7. The van der Waals surface area contributed by atoms with E-state index in [1.165, 1.54) is 50.7 Å². The number of allylic oxidation sites excluding steroid dienone is 2. The van der Waals surface area contributed by atoms with Gasteiger partial charge in [0.2, 0.25) is 0 Å². The van der Waals surface area contributed by atoms with Crippen LogP contribution in [0.4, 0.5) is 13.2 Å². The fourth-order valence-electron chi connectivity index (χ4n) is 5.22. The first-order valence-electron chi connectivity index (χ1n) is 11.4. The molecule has 0 saturated heterocycles. The Bertz CT molecular complexity index is 633. The number of alkyl halides is 1. The normalized spacial score (nSPS) is 28.1. The summed E-state index contributed by atoms with van der Waals surface area (Å²) in [7, 11) is 0. The number of hydrogen-bond donors (Lipinski definition) is 0. The molecule has 4 heteroatoms. The van der Waals surface area contributed by atoms with Crippen molar-refractivity contribution in [3.63, 3.8) is 0 Å². The van der Waals surface area contributed by atoms with Gasteiger partial charge in [-0.3, -0.25) is 4.39 Å². The molecule has 2 fully saturated rings. The van der Waals surface area contributed by atoms with Crippen LogP contribution in [0.2, 0.25) is 5.02 Å². The molecule has 162 valence electrons. The van der Waals surface area contributed by atoms with Gasteiger partial charge in [-0.05, 0) is 106 Å². The lowest BCUT2D eigenvalue weighted by atomic mass is 9.74. The third-order valence-electron chi connectivity index (χ3n) is 7.11. The zero-order valence-electron chi connectivity index (χ0n) is 17.3. The Morgan fingerprint density at radius 3 is 1.97 bits per heavy atom. The third-order valence-corrected chi connectivity index (χ3v) is 7.47. The van der Waals surface area contributed by atoms with E-state index in [0.717, 1.165) is 49.5 Å². The first-order valence-corrected chi connectivity index (χ1v) is 11.8. The van der Waals surface area contributed by atoms with Crippen LogP contribution in [-0.2, 0) is 0 Å². The van der Waals surface area contributed by atoms with Crippen molar-refractivity contribution < 1.29 is 13.2 Å². The van der Waals surface area contributed by atoms with E-state index in [1.54, 1.807) is 0 Å². The summed E-state index contributed by atoms with van der Waals surface area (Å²) in [6.07, 6.45) is 18.1. The second kappa shape index (κ2) is 11.4. The molecule has 29 heavy (non-hydrogen) atoms. The van der Waals surface area contributed by atoms with Gasteiger partial charge in [-0.2, -0.15) is 0 Å². The monoisotopic (exact) mass is 426 g/mol. The summed E-state index contributed by atoms with van der Waals surface area (Å²) in [5.74, 6) is 1.27. The summed E-state index contributed by atoms with van der Waals surface area (Å²) in [6, 6.07) is 2.84. The van der Waals surface area contributed by atoms with Crippen molar-refractivity contribution in [1.29, 1.82) is 0 Å². The van der Waals surface area contributed by atoms with E-state index >= 15 is 0 Å². The molecule has 0 heterocycles. The highest BCUT2D eigenvalue weighted by Gasteiger charge is 2.26. The van der Waals surface area contributed by atoms with Crippen molar-refractivity contribution in [2.24, 2.45) is 17.8 Å². The lowest BCUT2D eigenvalue weighted by molar-refractivity contribution is 0.246. The molecule has 0 N–H and O–H groups in total. The lowest BCUT2D eigenvalue weighted by Gasteiger charge is -2.31. The van der Waals surface area contributed by atoms with Crippen molar-refractivity contribution >= 4 is 11.6 Å². The number of rotatable bonds is 8. The van der Waals surface area contributed by atoms with E-state index in [4.69, 9.17) is 11.6 Å². The Labute approximate surface area is 178 Å². The zero-order valence-corrected chi connectivity index (χ0v) is 18.1. The van der Waals surface area contributed by atoms with Gasteiger partial charge < -0.3 is 0 Å². The van der Waals surface area contributed by atoms with Crippen molar-refractivity contribution in [3.05, 3.63) is 46.5 Å². The van der Waals surface area contributed by atoms with E-state index in [1.807, 2.05) is 0 Å². The molecule has 1 aromatic carbocycles. The molecular weight excluding hydrogens is 393 g/mol. The highest BCUT2D eigenvalue weighted by Crippen LogP contribution is 2.40. The molecule has 0 aliphatic heterocycles. The van der Waals surface area contributed by atoms with Gasteiger partial charge >= 0.3 is 0 Å². The van der Waals surface area contributed by atoms with Crippen molar-refractivity contribution in [3.8, 4) is 0 Å².